The van der Waals surface area contributed by atoms with Gasteiger partial charge in [0.05, 0.1) is 12.5 Å². The van der Waals surface area contributed by atoms with Crippen molar-refractivity contribution in [1.82, 2.24) is 15.2 Å². The molecule has 5 nitrogen and oxygen atoms in total. The Morgan fingerprint density at radius 3 is 2.28 bits per heavy atom. The fourth-order valence-corrected chi connectivity index (χ4v) is 4.62. The summed E-state index contributed by atoms with van der Waals surface area (Å²) in [6.07, 6.45) is 6.13. The van der Waals surface area contributed by atoms with E-state index in [1.165, 1.54) is 11.1 Å². The summed E-state index contributed by atoms with van der Waals surface area (Å²) in [7, 11) is 3.43. The summed E-state index contributed by atoms with van der Waals surface area (Å²) in [5.41, 5.74) is 4.35. The first-order valence-electron chi connectivity index (χ1n) is 11.2. The van der Waals surface area contributed by atoms with Crippen LogP contribution in [0.25, 0.3) is 11.1 Å². The Kier molecular flexibility index (Phi) is 6.86. The van der Waals surface area contributed by atoms with Gasteiger partial charge < -0.3 is 10.1 Å². The van der Waals surface area contributed by atoms with Crippen LogP contribution < -0.4 is 10.1 Å². The molecule has 1 fully saturated rings. The second-order valence-corrected chi connectivity index (χ2v) is 8.60. The van der Waals surface area contributed by atoms with Crippen LogP contribution in [0.15, 0.2) is 73.1 Å². The van der Waals surface area contributed by atoms with Gasteiger partial charge in [-0.25, -0.2) is 0 Å². The van der Waals surface area contributed by atoms with Crippen LogP contribution in [0.3, 0.4) is 0 Å². The Hall–Kier alpha value is -3.18. The SMILES string of the molecule is CNC(=O)C1(Cc2ccc(-c3cccnc3)cc2)CCN(Cc2ccc(OC)cc2)CC1. The molecule has 1 aliphatic rings. The van der Waals surface area contributed by atoms with Crippen molar-refractivity contribution >= 4 is 5.91 Å². The molecule has 5 heteroatoms. The molecular weight excluding hydrogens is 398 g/mol. The number of amides is 1. The van der Waals surface area contributed by atoms with Crippen molar-refractivity contribution < 1.29 is 9.53 Å². The highest BCUT2D eigenvalue weighted by atomic mass is 16.5. The number of pyridine rings is 1. The van der Waals surface area contributed by atoms with Gasteiger partial charge in [0.1, 0.15) is 5.75 Å². The van der Waals surface area contributed by atoms with Crippen LogP contribution in [0.5, 0.6) is 5.75 Å². The molecular formula is C27H31N3O2. The average Bonchev–Trinajstić information content (AvgIpc) is 2.86. The third-order valence-electron chi connectivity index (χ3n) is 6.58. The van der Waals surface area contributed by atoms with Crippen LogP contribution in [0.2, 0.25) is 0 Å². The maximum Gasteiger partial charge on any atom is 0.226 e. The lowest BCUT2D eigenvalue weighted by Crippen LogP contribution is -2.49. The lowest BCUT2D eigenvalue weighted by molar-refractivity contribution is -0.133. The molecule has 0 atom stereocenters. The number of nitrogens with one attached hydrogen (secondary N) is 1. The number of hydrogen-bond acceptors (Lipinski definition) is 4. The van der Waals surface area contributed by atoms with Gasteiger partial charge in [-0.2, -0.15) is 0 Å². The molecule has 1 aromatic heterocycles. The quantitative estimate of drug-likeness (QED) is 0.607. The standard InChI is InChI=1S/C27H31N3O2/c1-28-26(31)27(18-21-5-9-23(10-6-21)24-4-3-15-29-19-24)13-16-30(17-14-27)20-22-7-11-25(32-2)12-8-22/h3-12,15,19H,13-14,16-18,20H2,1-2H3,(H,28,31). The number of methoxy groups -OCH3 is 1. The molecule has 1 aliphatic heterocycles. The minimum Gasteiger partial charge on any atom is -0.497 e. The van der Waals surface area contributed by atoms with Crippen LogP contribution in [0, 0.1) is 5.41 Å². The second kappa shape index (κ2) is 9.96. The molecule has 1 amide bonds. The average molecular weight is 430 g/mol. The van der Waals surface area contributed by atoms with Gasteiger partial charge in [-0.3, -0.25) is 14.7 Å². The predicted octanol–water partition coefficient (Wildman–Crippen LogP) is 4.33. The maximum absolute atomic E-state index is 13.0. The summed E-state index contributed by atoms with van der Waals surface area (Å²) >= 11 is 0. The Bertz CT molecular complexity index is 1010. The van der Waals surface area contributed by atoms with E-state index in [0.717, 1.165) is 55.8 Å². The summed E-state index contributed by atoms with van der Waals surface area (Å²) < 4.78 is 5.25. The van der Waals surface area contributed by atoms with E-state index in [4.69, 9.17) is 4.74 Å². The topological polar surface area (TPSA) is 54.5 Å². The third kappa shape index (κ3) is 5.00. The Labute approximate surface area is 190 Å². The summed E-state index contributed by atoms with van der Waals surface area (Å²) in [6.45, 7) is 2.72. The number of ether oxygens (including phenoxy) is 1. The van der Waals surface area contributed by atoms with Gasteiger partial charge in [0.25, 0.3) is 0 Å². The Morgan fingerprint density at radius 1 is 1.00 bits per heavy atom. The molecule has 0 radical (unpaired) electrons. The Morgan fingerprint density at radius 2 is 1.69 bits per heavy atom. The molecule has 0 unspecified atom stereocenters. The Balaban J connectivity index is 1.42. The molecule has 3 aromatic rings. The van der Waals surface area contributed by atoms with Crippen molar-refractivity contribution in [2.45, 2.75) is 25.8 Å². The first-order valence-corrected chi connectivity index (χ1v) is 11.2. The smallest absolute Gasteiger partial charge is 0.226 e. The number of piperidine rings is 1. The lowest BCUT2D eigenvalue weighted by Gasteiger charge is -2.40. The summed E-state index contributed by atoms with van der Waals surface area (Å²) in [5.74, 6) is 1.03. The lowest BCUT2D eigenvalue weighted by atomic mass is 9.73. The van der Waals surface area contributed by atoms with Crippen molar-refractivity contribution in [2.75, 3.05) is 27.2 Å². The van der Waals surface area contributed by atoms with Crippen molar-refractivity contribution in [2.24, 2.45) is 5.41 Å². The van der Waals surface area contributed by atoms with Gasteiger partial charge in [0.15, 0.2) is 0 Å². The number of carbonyl (C=O) groups excluding carboxylic acids is 1. The summed E-state index contributed by atoms with van der Waals surface area (Å²) in [4.78, 5) is 19.6. The van der Waals surface area contributed by atoms with E-state index in [1.54, 1.807) is 20.4 Å². The zero-order valence-corrected chi connectivity index (χ0v) is 18.9. The highest BCUT2D eigenvalue weighted by Crippen LogP contribution is 2.36. The fraction of sp³-hybridized carbons (Fsp3) is 0.333. The monoisotopic (exact) mass is 429 g/mol. The summed E-state index contributed by atoms with van der Waals surface area (Å²) in [6, 6.07) is 20.8. The first kappa shape index (κ1) is 22.0. The molecule has 2 aromatic carbocycles. The number of rotatable bonds is 7. The van der Waals surface area contributed by atoms with Crippen molar-refractivity contribution in [1.29, 1.82) is 0 Å². The molecule has 1 N–H and O–H groups in total. The van der Waals surface area contributed by atoms with Crippen molar-refractivity contribution in [3.63, 3.8) is 0 Å². The van der Waals surface area contributed by atoms with E-state index < -0.39 is 0 Å². The van der Waals surface area contributed by atoms with E-state index in [9.17, 15) is 4.79 Å². The number of hydrogen-bond donors (Lipinski definition) is 1. The van der Waals surface area contributed by atoms with Crippen LogP contribution in [-0.4, -0.2) is 43.0 Å². The van der Waals surface area contributed by atoms with Gasteiger partial charge in [0, 0.05) is 26.0 Å². The van der Waals surface area contributed by atoms with Gasteiger partial charge >= 0.3 is 0 Å². The number of benzene rings is 2. The normalized spacial score (nSPS) is 15.8. The molecule has 1 saturated heterocycles. The van der Waals surface area contributed by atoms with Crippen LogP contribution in [-0.2, 0) is 17.8 Å². The minimum atomic E-state index is -0.360. The molecule has 4 rings (SSSR count). The molecule has 2 heterocycles. The van der Waals surface area contributed by atoms with Crippen molar-refractivity contribution in [3.05, 3.63) is 84.2 Å². The van der Waals surface area contributed by atoms with Crippen LogP contribution in [0.1, 0.15) is 24.0 Å². The maximum atomic E-state index is 13.0. The number of nitrogens with zero attached hydrogens (tertiary/aromatic N) is 2. The largest absolute Gasteiger partial charge is 0.497 e. The van der Waals surface area contributed by atoms with E-state index in [1.807, 2.05) is 24.4 Å². The summed E-state index contributed by atoms with van der Waals surface area (Å²) in [5, 5.41) is 2.93. The number of carbonyl (C=O) groups is 1. The van der Waals surface area contributed by atoms with E-state index in [0.29, 0.717) is 0 Å². The molecule has 32 heavy (non-hydrogen) atoms. The van der Waals surface area contributed by atoms with Gasteiger partial charge in [-0.15, -0.1) is 0 Å². The second-order valence-electron chi connectivity index (χ2n) is 8.60. The van der Waals surface area contributed by atoms with E-state index >= 15 is 0 Å². The zero-order valence-electron chi connectivity index (χ0n) is 18.9. The molecule has 0 aliphatic carbocycles. The minimum absolute atomic E-state index is 0.151. The molecule has 0 saturated carbocycles. The predicted molar refractivity (Wildman–Crippen MR) is 127 cm³/mol. The third-order valence-corrected chi connectivity index (χ3v) is 6.58. The van der Waals surface area contributed by atoms with Crippen LogP contribution >= 0.6 is 0 Å². The van der Waals surface area contributed by atoms with Gasteiger partial charge in [0.2, 0.25) is 5.91 Å². The molecule has 0 spiro atoms. The van der Waals surface area contributed by atoms with Gasteiger partial charge in [-0.1, -0.05) is 42.5 Å². The first-order chi connectivity index (χ1) is 15.6. The van der Waals surface area contributed by atoms with Crippen molar-refractivity contribution in [3.8, 4) is 16.9 Å². The van der Waals surface area contributed by atoms with E-state index in [-0.39, 0.29) is 11.3 Å². The van der Waals surface area contributed by atoms with Gasteiger partial charge in [-0.05, 0) is 72.8 Å². The number of likely N-dealkylation sites (tertiary alicyclic amines) is 1. The van der Waals surface area contributed by atoms with E-state index in [2.05, 4.69) is 57.7 Å². The number of aromatic nitrogens is 1. The highest BCUT2D eigenvalue weighted by Gasteiger charge is 2.40. The van der Waals surface area contributed by atoms with Crippen LogP contribution in [0.4, 0.5) is 0 Å². The molecule has 0 bridgehead atoms. The zero-order chi connectivity index (χ0) is 22.4. The fourth-order valence-electron chi connectivity index (χ4n) is 4.62. The molecule has 166 valence electrons. The highest BCUT2D eigenvalue weighted by molar-refractivity contribution is 5.83.